The molecule has 0 fully saturated rings. The molecule has 6 heteroatoms. The molecule has 1 atom stereocenters. The number of anilines is 1. The zero-order valence-electron chi connectivity index (χ0n) is 13.3. The molecule has 0 amide bonds. The summed E-state index contributed by atoms with van der Waals surface area (Å²) in [5.74, 6) is 0. The predicted molar refractivity (Wildman–Crippen MR) is 100 cm³/mol. The van der Waals surface area contributed by atoms with Crippen LogP contribution in [0.4, 0.5) is 11.4 Å². The molecule has 0 N–H and O–H groups in total. The summed E-state index contributed by atoms with van der Waals surface area (Å²) in [6, 6.07) is 20.9. The Hall–Kier alpha value is -2.99. The summed E-state index contributed by atoms with van der Waals surface area (Å²) in [4.78, 5) is 11.7. The highest BCUT2D eigenvalue weighted by molar-refractivity contribution is 7.12. The van der Waals surface area contributed by atoms with E-state index in [9.17, 15) is 10.1 Å². The molecule has 0 spiro atoms. The molecule has 0 radical (unpaired) electrons. The minimum Gasteiger partial charge on any atom is -0.258 e. The molecular weight excluding hydrogens is 334 g/mol. The topological polar surface area (TPSA) is 58.7 Å². The number of thiophene rings is 1. The molecule has 0 aliphatic carbocycles. The first-order chi connectivity index (χ1) is 12.2. The standard InChI is InChI=1S/C19H15N3O2S/c23-22(24)16-10-8-14(9-11-16)18-13-17(19-7-4-12-25-19)20-21(18)15-5-2-1-3-6-15/h1-12,18H,13H2. The quantitative estimate of drug-likeness (QED) is 0.491. The molecule has 0 saturated heterocycles. The summed E-state index contributed by atoms with van der Waals surface area (Å²) in [6.45, 7) is 0. The van der Waals surface area contributed by atoms with Gasteiger partial charge in [0.1, 0.15) is 0 Å². The van der Waals surface area contributed by atoms with Crippen molar-refractivity contribution in [1.82, 2.24) is 0 Å². The van der Waals surface area contributed by atoms with E-state index < -0.39 is 0 Å². The predicted octanol–water partition coefficient (Wildman–Crippen LogP) is 5.01. The lowest BCUT2D eigenvalue weighted by Crippen LogP contribution is -2.18. The lowest BCUT2D eigenvalue weighted by molar-refractivity contribution is -0.384. The first-order valence-corrected chi connectivity index (χ1v) is 8.80. The number of nitrogens with zero attached hydrogens (tertiary/aromatic N) is 3. The SMILES string of the molecule is O=[N+]([O-])c1ccc(C2CC(c3cccs3)=NN2c2ccccc2)cc1. The fourth-order valence-corrected chi connectivity index (χ4v) is 3.72. The molecule has 2 aromatic carbocycles. The molecule has 2 heterocycles. The van der Waals surface area contributed by atoms with Crippen molar-refractivity contribution in [3.63, 3.8) is 0 Å². The molecule has 1 aromatic heterocycles. The van der Waals surface area contributed by atoms with Gasteiger partial charge in [-0.1, -0.05) is 36.4 Å². The minimum absolute atomic E-state index is 0.0281. The van der Waals surface area contributed by atoms with Gasteiger partial charge >= 0.3 is 0 Å². The van der Waals surface area contributed by atoms with E-state index in [1.54, 1.807) is 23.5 Å². The summed E-state index contributed by atoms with van der Waals surface area (Å²) in [6.07, 6.45) is 0.771. The Bertz CT molecular complexity index is 906. The molecule has 124 valence electrons. The number of nitro groups is 1. The second-order valence-corrected chi connectivity index (χ2v) is 6.72. The van der Waals surface area contributed by atoms with E-state index in [0.717, 1.165) is 28.3 Å². The largest absolute Gasteiger partial charge is 0.269 e. The Morgan fingerprint density at radius 2 is 1.80 bits per heavy atom. The summed E-state index contributed by atoms with van der Waals surface area (Å²) in [5.41, 5.74) is 3.18. The fraction of sp³-hybridized carbons (Fsp3) is 0.105. The van der Waals surface area contributed by atoms with Gasteiger partial charge in [0, 0.05) is 18.6 Å². The van der Waals surface area contributed by atoms with Crippen LogP contribution in [0.5, 0.6) is 0 Å². The first-order valence-electron chi connectivity index (χ1n) is 7.92. The van der Waals surface area contributed by atoms with Gasteiger partial charge in [-0.05, 0) is 29.1 Å². The molecule has 5 nitrogen and oxygen atoms in total. The maximum Gasteiger partial charge on any atom is 0.269 e. The average Bonchev–Trinajstić information content (AvgIpc) is 3.32. The van der Waals surface area contributed by atoms with Crippen molar-refractivity contribution in [2.24, 2.45) is 5.10 Å². The highest BCUT2D eigenvalue weighted by Crippen LogP contribution is 2.37. The van der Waals surface area contributed by atoms with Gasteiger partial charge in [0.15, 0.2) is 0 Å². The van der Waals surface area contributed by atoms with Gasteiger partial charge in [-0.3, -0.25) is 15.1 Å². The summed E-state index contributed by atoms with van der Waals surface area (Å²) >= 11 is 1.67. The van der Waals surface area contributed by atoms with Crippen LogP contribution in [-0.4, -0.2) is 10.6 Å². The van der Waals surface area contributed by atoms with Crippen LogP contribution in [0, 0.1) is 10.1 Å². The smallest absolute Gasteiger partial charge is 0.258 e. The van der Waals surface area contributed by atoms with Gasteiger partial charge in [0.2, 0.25) is 0 Å². The Morgan fingerprint density at radius 1 is 1.04 bits per heavy atom. The number of non-ortho nitro benzene ring substituents is 1. The van der Waals surface area contributed by atoms with Crippen LogP contribution < -0.4 is 5.01 Å². The van der Waals surface area contributed by atoms with Crippen LogP contribution in [0.1, 0.15) is 22.9 Å². The first kappa shape index (κ1) is 15.5. The molecule has 0 saturated carbocycles. The van der Waals surface area contributed by atoms with Gasteiger partial charge < -0.3 is 0 Å². The average molecular weight is 349 g/mol. The monoisotopic (exact) mass is 349 g/mol. The highest BCUT2D eigenvalue weighted by Gasteiger charge is 2.30. The van der Waals surface area contributed by atoms with Crippen molar-refractivity contribution in [3.8, 4) is 0 Å². The van der Waals surface area contributed by atoms with E-state index in [1.807, 2.05) is 58.9 Å². The zero-order valence-corrected chi connectivity index (χ0v) is 14.1. The zero-order chi connectivity index (χ0) is 17.2. The normalized spacial score (nSPS) is 16.7. The molecule has 1 aliphatic rings. The number of rotatable bonds is 4. The van der Waals surface area contributed by atoms with Gasteiger partial charge in [0.25, 0.3) is 5.69 Å². The lowest BCUT2D eigenvalue weighted by atomic mass is 10.0. The van der Waals surface area contributed by atoms with Gasteiger partial charge in [-0.15, -0.1) is 11.3 Å². The van der Waals surface area contributed by atoms with Gasteiger partial charge in [0.05, 0.1) is 27.2 Å². The third kappa shape index (κ3) is 3.04. The summed E-state index contributed by atoms with van der Waals surface area (Å²) < 4.78 is 0. The Balaban J connectivity index is 1.71. The third-order valence-corrected chi connectivity index (χ3v) is 5.14. The minimum atomic E-state index is -0.374. The number of nitro benzene ring substituents is 1. The van der Waals surface area contributed by atoms with E-state index in [0.29, 0.717) is 0 Å². The van der Waals surface area contributed by atoms with E-state index in [-0.39, 0.29) is 16.7 Å². The van der Waals surface area contributed by atoms with Gasteiger partial charge in [-0.2, -0.15) is 5.10 Å². The van der Waals surface area contributed by atoms with Gasteiger partial charge in [-0.25, -0.2) is 0 Å². The van der Waals surface area contributed by atoms with Crippen molar-refractivity contribution in [1.29, 1.82) is 0 Å². The van der Waals surface area contributed by atoms with Crippen molar-refractivity contribution < 1.29 is 4.92 Å². The maximum atomic E-state index is 10.9. The van der Waals surface area contributed by atoms with E-state index in [4.69, 9.17) is 5.10 Å². The van der Waals surface area contributed by atoms with Crippen LogP contribution in [0.3, 0.4) is 0 Å². The molecule has 0 bridgehead atoms. The molecular formula is C19H15N3O2S. The Morgan fingerprint density at radius 3 is 2.44 bits per heavy atom. The van der Waals surface area contributed by atoms with Crippen molar-refractivity contribution >= 4 is 28.4 Å². The number of hydrazone groups is 1. The summed E-state index contributed by atoms with van der Waals surface area (Å²) in [7, 11) is 0. The second kappa shape index (κ2) is 6.49. The summed E-state index contributed by atoms with van der Waals surface area (Å²) in [5, 5.41) is 19.8. The fourth-order valence-electron chi connectivity index (χ4n) is 3.00. The molecule has 3 aromatic rings. The van der Waals surface area contributed by atoms with Crippen LogP contribution in [0.15, 0.2) is 77.2 Å². The van der Waals surface area contributed by atoms with Crippen molar-refractivity contribution in [2.45, 2.75) is 12.5 Å². The van der Waals surface area contributed by atoms with Crippen molar-refractivity contribution in [2.75, 3.05) is 5.01 Å². The molecule has 4 rings (SSSR count). The third-order valence-electron chi connectivity index (χ3n) is 4.23. The second-order valence-electron chi connectivity index (χ2n) is 5.77. The van der Waals surface area contributed by atoms with Crippen LogP contribution in [0.25, 0.3) is 0 Å². The van der Waals surface area contributed by atoms with Crippen LogP contribution in [0.2, 0.25) is 0 Å². The van der Waals surface area contributed by atoms with E-state index >= 15 is 0 Å². The number of para-hydroxylation sites is 1. The highest BCUT2D eigenvalue weighted by atomic mass is 32.1. The van der Waals surface area contributed by atoms with E-state index in [1.165, 1.54) is 0 Å². The molecule has 25 heavy (non-hydrogen) atoms. The molecule has 1 unspecified atom stereocenters. The van der Waals surface area contributed by atoms with E-state index in [2.05, 4.69) is 6.07 Å². The number of benzene rings is 2. The molecule has 1 aliphatic heterocycles. The maximum absolute atomic E-state index is 10.9. The Kier molecular flexibility index (Phi) is 4.03. The number of hydrogen-bond donors (Lipinski definition) is 0. The lowest BCUT2D eigenvalue weighted by Gasteiger charge is -2.23. The van der Waals surface area contributed by atoms with Crippen molar-refractivity contribution in [3.05, 3.63) is 92.7 Å². The van der Waals surface area contributed by atoms with Crippen LogP contribution in [-0.2, 0) is 0 Å². The Labute approximate surface area is 149 Å². The number of hydrogen-bond acceptors (Lipinski definition) is 5. The van der Waals surface area contributed by atoms with Crippen LogP contribution >= 0.6 is 11.3 Å².